The van der Waals surface area contributed by atoms with Gasteiger partial charge in [0.2, 0.25) is 0 Å². The molecule has 0 aliphatic rings. The van der Waals surface area contributed by atoms with E-state index in [1.54, 1.807) is 55.6 Å². The highest BCUT2D eigenvalue weighted by Crippen LogP contribution is 2.25. The lowest BCUT2D eigenvalue weighted by molar-refractivity contribution is -0.178. The zero-order valence-electron chi connectivity index (χ0n) is 17.1. The van der Waals surface area contributed by atoms with Gasteiger partial charge in [-0.1, -0.05) is 0 Å². The van der Waals surface area contributed by atoms with E-state index < -0.39 is 11.9 Å². The molecule has 0 fully saturated rings. The second kappa shape index (κ2) is 10.1. The minimum atomic E-state index is -0.629. The molecule has 160 valence electrons. The highest BCUT2D eigenvalue weighted by Gasteiger charge is 2.18. The molecule has 0 saturated heterocycles. The maximum absolute atomic E-state index is 12.5. The Labute approximate surface area is 178 Å². The minimum Gasteiger partial charge on any atom is -0.497 e. The van der Waals surface area contributed by atoms with Crippen LogP contribution in [0.25, 0.3) is 0 Å². The molecule has 0 aliphatic carbocycles. The summed E-state index contributed by atoms with van der Waals surface area (Å²) in [6, 6.07) is 17.2. The van der Waals surface area contributed by atoms with Gasteiger partial charge < -0.3 is 23.8 Å². The molecular weight excluding hydrogens is 404 g/mol. The second-order valence-corrected chi connectivity index (χ2v) is 6.09. The number of benzene rings is 3. The van der Waals surface area contributed by atoms with Crippen LogP contribution < -0.4 is 23.8 Å². The fourth-order valence-electron chi connectivity index (χ4n) is 2.62. The molecule has 0 N–H and O–H groups in total. The third-order valence-electron chi connectivity index (χ3n) is 4.14. The molecule has 31 heavy (non-hydrogen) atoms. The van der Waals surface area contributed by atoms with E-state index in [0.29, 0.717) is 23.0 Å². The summed E-state index contributed by atoms with van der Waals surface area (Å²) in [6.07, 6.45) is 0. The molecule has 0 saturated carbocycles. The molecule has 0 heterocycles. The average Bonchev–Trinajstić information content (AvgIpc) is 2.80. The quantitative estimate of drug-likeness (QED) is 0.231. The summed E-state index contributed by atoms with van der Waals surface area (Å²) in [7, 11) is 4.32. The first-order valence-electron chi connectivity index (χ1n) is 9.11. The number of carbonyl (C=O) groups is 2. The number of esters is 2. The van der Waals surface area contributed by atoms with Gasteiger partial charge in [0, 0.05) is 0 Å². The first kappa shape index (κ1) is 21.7. The third-order valence-corrected chi connectivity index (χ3v) is 4.14. The molecule has 0 spiro atoms. The molecule has 0 amide bonds. The van der Waals surface area contributed by atoms with Crippen LogP contribution >= 0.6 is 0 Å². The molecular formula is C23H20O8. The smallest absolute Gasteiger partial charge is 0.347 e. The van der Waals surface area contributed by atoms with Crippen LogP contribution in [0.2, 0.25) is 0 Å². The van der Waals surface area contributed by atoms with E-state index in [4.69, 9.17) is 23.8 Å². The van der Waals surface area contributed by atoms with Crippen LogP contribution in [-0.2, 0) is 4.89 Å². The van der Waals surface area contributed by atoms with Crippen LogP contribution in [0.15, 0.2) is 66.7 Å². The summed E-state index contributed by atoms with van der Waals surface area (Å²) in [5.41, 5.74) is 0.367. The maximum Gasteiger partial charge on any atom is 0.347 e. The summed E-state index contributed by atoms with van der Waals surface area (Å²) in [5.74, 6) is 0.693. The Balaban J connectivity index is 1.72. The van der Waals surface area contributed by atoms with Gasteiger partial charge >= 0.3 is 11.9 Å². The number of hydrogen-bond donors (Lipinski definition) is 0. The molecule has 8 heteroatoms. The van der Waals surface area contributed by atoms with Gasteiger partial charge in [-0.25, -0.2) is 9.59 Å². The summed E-state index contributed by atoms with van der Waals surface area (Å²) in [6.45, 7) is 0. The van der Waals surface area contributed by atoms with Gasteiger partial charge in [-0.2, -0.15) is 4.89 Å². The lowest BCUT2D eigenvalue weighted by Gasteiger charge is -2.11. The van der Waals surface area contributed by atoms with Gasteiger partial charge in [-0.05, 0) is 66.7 Å². The van der Waals surface area contributed by atoms with Gasteiger partial charge in [-0.15, -0.1) is 0 Å². The SMILES string of the molecule is COOc1ccc(OC(=O)c2ccc(C(=O)Oc3ccc(OC)cc3)c(OC)c2)cc1. The Morgan fingerprint density at radius 2 is 1.16 bits per heavy atom. The normalized spacial score (nSPS) is 10.2. The monoisotopic (exact) mass is 424 g/mol. The van der Waals surface area contributed by atoms with E-state index in [0.717, 1.165) is 0 Å². The second-order valence-electron chi connectivity index (χ2n) is 6.09. The van der Waals surface area contributed by atoms with Crippen molar-refractivity contribution in [2.75, 3.05) is 21.3 Å². The lowest BCUT2D eigenvalue weighted by Crippen LogP contribution is -2.13. The molecule has 0 aromatic heterocycles. The fraction of sp³-hybridized carbons (Fsp3) is 0.130. The minimum absolute atomic E-state index is 0.163. The van der Waals surface area contributed by atoms with Gasteiger partial charge in [0.15, 0.2) is 5.75 Å². The number of ether oxygens (including phenoxy) is 4. The van der Waals surface area contributed by atoms with Crippen LogP contribution in [0.4, 0.5) is 0 Å². The van der Waals surface area contributed by atoms with Crippen molar-refractivity contribution in [1.29, 1.82) is 0 Å². The summed E-state index contributed by atoms with van der Waals surface area (Å²) in [5, 5.41) is 0. The van der Waals surface area contributed by atoms with Gasteiger partial charge in [-0.3, -0.25) is 0 Å². The Morgan fingerprint density at radius 1 is 0.613 bits per heavy atom. The fourth-order valence-corrected chi connectivity index (χ4v) is 2.62. The first-order valence-corrected chi connectivity index (χ1v) is 9.11. The summed E-state index contributed by atoms with van der Waals surface area (Å²) < 4.78 is 21.0. The van der Waals surface area contributed by atoms with Crippen molar-refractivity contribution in [3.8, 4) is 28.7 Å². The van der Waals surface area contributed by atoms with Crippen molar-refractivity contribution in [3.05, 3.63) is 77.9 Å². The predicted octanol–water partition coefficient (Wildman–Crippen LogP) is 4.08. The van der Waals surface area contributed by atoms with Crippen LogP contribution in [0.5, 0.6) is 28.7 Å². The largest absolute Gasteiger partial charge is 0.497 e. The van der Waals surface area contributed by atoms with E-state index in [-0.39, 0.29) is 16.9 Å². The highest BCUT2D eigenvalue weighted by atomic mass is 17.2. The van der Waals surface area contributed by atoms with Crippen molar-refractivity contribution in [3.63, 3.8) is 0 Å². The van der Waals surface area contributed by atoms with Crippen LogP contribution in [-0.4, -0.2) is 33.3 Å². The Morgan fingerprint density at radius 3 is 1.71 bits per heavy atom. The maximum atomic E-state index is 12.5. The van der Waals surface area contributed by atoms with E-state index in [1.165, 1.54) is 32.4 Å². The van der Waals surface area contributed by atoms with Crippen molar-refractivity contribution >= 4 is 11.9 Å². The molecule has 3 rings (SSSR count). The van der Waals surface area contributed by atoms with Crippen LogP contribution in [0, 0.1) is 0 Å². The Hall–Kier alpha value is -4.04. The molecule has 3 aromatic carbocycles. The topological polar surface area (TPSA) is 89.5 Å². The van der Waals surface area contributed by atoms with Crippen molar-refractivity contribution in [2.45, 2.75) is 0 Å². The first-order chi connectivity index (χ1) is 15.0. The van der Waals surface area contributed by atoms with E-state index in [1.807, 2.05) is 0 Å². The Kier molecular flexibility index (Phi) is 7.08. The van der Waals surface area contributed by atoms with E-state index in [9.17, 15) is 9.59 Å². The standard InChI is InChI=1S/C23H20O8/c1-26-16-5-7-18(8-6-16)30-23(25)20-13-4-15(14-21(20)27-2)22(24)29-17-9-11-19(12-10-17)31-28-3/h4-14H,1-3H3. The summed E-state index contributed by atoms with van der Waals surface area (Å²) in [4.78, 5) is 34.4. The average molecular weight is 424 g/mol. The number of carbonyl (C=O) groups excluding carboxylic acids is 2. The van der Waals surface area contributed by atoms with E-state index >= 15 is 0 Å². The zero-order chi connectivity index (χ0) is 22.2. The predicted molar refractivity (Wildman–Crippen MR) is 110 cm³/mol. The van der Waals surface area contributed by atoms with Crippen molar-refractivity contribution in [2.24, 2.45) is 0 Å². The van der Waals surface area contributed by atoms with Crippen LogP contribution in [0.3, 0.4) is 0 Å². The van der Waals surface area contributed by atoms with Gasteiger partial charge in [0.1, 0.15) is 28.6 Å². The summed E-state index contributed by atoms with van der Waals surface area (Å²) >= 11 is 0. The molecule has 0 atom stereocenters. The van der Waals surface area contributed by atoms with E-state index in [2.05, 4.69) is 4.89 Å². The lowest BCUT2D eigenvalue weighted by atomic mass is 10.1. The van der Waals surface area contributed by atoms with Gasteiger partial charge in [0.05, 0.1) is 26.9 Å². The zero-order valence-corrected chi connectivity index (χ0v) is 17.1. The van der Waals surface area contributed by atoms with Crippen LogP contribution in [0.1, 0.15) is 20.7 Å². The van der Waals surface area contributed by atoms with Gasteiger partial charge in [0.25, 0.3) is 0 Å². The molecule has 8 nitrogen and oxygen atoms in total. The highest BCUT2D eigenvalue weighted by molar-refractivity contribution is 5.97. The number of rotatable bonds is 8. The third kappa shape index (κ3) is 5.52. The van der Waals surface area contributed by atoms with Crippen molar-refractivity contribution < 1.29 is 38.3 Å². The number of methoxy groups -OCH3 is 2. The molecule has 0 aliphatic heterocycles. The number of hydrogen-bond acceptors (Lipinski definition) is 8. The molecule has 3 aromatic rings. The molecule has 0 radical (unpaired) electrons. The molecule has 0 unspecified atom stereocenters. The molecule has 0 bridgehead atoms. The van der Waals surface area contributed by atoms with Crippen molar-refractivity contribution in [1.82, 2.24) is 0 Å². The Bertz CT molecular complexity index is 1040.